The minimum atomic E-state index is -1.45. The maximum Gasteiger partial charge on any atom is 0.328 e. The number of carbonyl (C=O) groups is 3. The van der Waals surface area contributed by atoms with Gasteiger partial charge in [-0.25, -0.2) is 4.79 Å². The van der Waals surface area contributed by atoms with Gasteiger partial charge in [-0.2, -0.15) is 4.68 Å². The number of anilines is 1. The predicted octanol–water partition coefficient (Wildman–Crippen LogP) is 4.17. The second-order valence-corrected chi connectivity index (χ2v) is 10.5. The van der Waals surface area contributed by atoms with Crippen molar-refractivity contribution in [1.82, 2.24) is 25.5 Å². The van der Waals surface area contributed by atoms with E-state index in [1.165, 1.54) is 55.1 Å². The molecule has 0 atom stereocenters. The Morgan fingerprint density at radius 2 is 1.89 bits per heavy atom. The second kappa shape index (κ2) is 10.5. The molecule has 1 aliphatic carbocycles. The number of nitrogens with zero attached hydrogens (tertiary/aromatic N) is 4. The Hall–Kier alpha value is -3.15. The molecule has 0 aliphatic heterocycles. The largest absolute Gasteiger partial charge is 0.480 e. The van der Waals surface area contributed by atoms with Crippen molar-refractivity contribution in [3.05, 3.63) is 57.6 Å². The van der Waals surface area contributed by atoms with Crippen LogP contribution in [-0.4, -0.2) is 54.4 Å². The van der Waals surface area contributed by atoms with Crippen LogP contribution < -0.4 is 10.6 Å². The van der Waals surface area contributed by atoms with Crippen LogP contribution in [0.15, 0.2) is 41.6 Å². The molecular formula is C23H22Cl2N6O4S. The van der Waals surface area contributed by atoms with Gasteiger partial charge in [0.1, 0.15) is 5.54 Å². The highest BCUT2D eigenvalue weighted by atomic mass is 35.5. The van der Waals surface area contributed by atoms with Gasteiger partial charge >= 0.3 is 5.97 Å². The van der Waals surface area contributed by atoms with Crippen LogP contribution in [0.5, 0.6) is 0 Å². The summed E-state index contributed by atoms with van der Waals surface area (Å²) in [4.78, 5) is 36.1. The van der Waals surface area contributed by atoms with Crippen molar-refractivity contribution in [1.29, 1.82) is 0 Å². The molecule has 2 aromatic carbocycles. The minimum Gasteiger partial charge on any atom is -0.480 e. The molecule has 13 heteroatoms. The molecule has 3 N–H and O–H groups in total. The first-order valence-corrected chi connectivity index (χ1v) is 12.7. The summed E-state index contributed by atoms with van der Waals surface area (Å²) in [6, 6.07) is 10.1. The molecule has 2 amide bonds. The Morgan fingerprint density at radius 1 is 1.14 bits per heavy atom. The lowest BCUT2D eigenvalue weighted by Crippen LogP contribution is -2.49. The van der Waals surface area contributed by atoms with Crippen molar-refractivity contribution in [3.8, 4) is 5.69 Å². The number of aromatic nitrogens is 4. The SMILES string of the molecule is CC(C)(NC(=O)c1ccc(NC(=O)CSc2nnnn2-c2ccc(C3CC3)cc2Cl)c(Cl)c1)C(=O)O. The summed E-state index contributed by atoms with van der Waals surface area (Å²) in [5, 5.41) is 27.0. The smallest absolute Gasteiger partial charge is 0.328 e. The number of carboxylic acids is 1. The summed E-state index contributed by atoms with van der Waals surface area (Å²) in [6.45, 7) is 2.74. The molecule has 1 fully saturated rings. The zero-order valence-corrected chi connectivity index (χ0v) is 21.6. The van der Waals surface area contributed by atoms with Crippen molar-refractivity contribution in [2.75, 3.05) is 11.1 Å². The third kappa shape index (κ3) is 5.97. The van der Waals surface area contributed by atoms with E-state index in [4.69, 9.17) is 23.2 Å². The van der Waals surface area contributed by atoms with E-state index < -0.39 is 17.4 Å². The van der Waals surface area contributed by atoms with E-state index in [-0.39, 0.29) is 22.2 Å². The number of carboxylic acid groups (broad SMARTS) is 1. The molecule has 0 radical (unpaired) electrons. The fourth-order valence-electron chi connectivity index (χ4n) is 3.27. The molecule has 3 aromatic rings. The van der Waals surface area contributed by atoms with Crippen LogP contribution in [0.3, 0.4) is 0 Å². The molecule has 1 heterocycles. The number of hydrogen-bond donors (Lipinski definition) is 3. The standard InChI is InChI=1S/C23H22Cl2N6O4S/c1-23(2,21(34)35)27-20(33)14-5-7-17(15(24)10-14)26-19(32)11-36-22-28-29-30-31(22)18-8-6-13(9-16(18)25)12-3-4-12/h5-10,12H,3-4,11H2,1-2H3,(H,26,32)(H,27,33)(H,34,35). The third-order valence-corrected chi connectivity index (χ3v) is 7.02. The summed E-state index contributed by atoms with van der Waals surface area (Å²) >= 11 is 13.8. The van der Waals surface area contributed by atoms with E-state index in [1.807, 2.05) is 18.2 Å². The molecule has 188 valence electrons. The van der Waals surface area contributed by atoms with Crippen LogP contribution in [0.2, 0.25) is 10.0 Å². The number of hydrogen-bond acceptors (Lipinski definition) is 7. The van der Waals surface area contributed by atoms with Gasteiger partial charge in [0.25, 0.3) is 5.91 Å². The highest BCUT2D eigenvalue weighted by molar-refractivity contribution is 7.99. The van der Waals surface area contributed by atoms with Crippen LogP contribution >= 0.6 is 35.0 Å². The van der Waals surface area contributed by atoms with Gasteiger partial charge in [0.2, 0.25) is 11.1 Å². The number of tetrazole rings is 1. The number of amides is 2. The zero-order valence-electron chi connectivity index (χ0n) is 19.3. The number of aliphatic carboxylic acids is 1. The molecule has 1 saturated carbocycles. The molecule has 0 spiro atoms. The molecule has 0 bridgehead atoms. The lowest BCUT2D eigenvalue weighted by Gasteiger charge is -2.21. The molecule has 36 heavy (non-hydrogen) atoms. The lowest BCUT2D eigenvalue weighted by molar-refractivity contribution is -0.143. The maximum absolute atomic E-state index is 12.5. The first-order chi connectivity index (χ1) is 17.0. The fraction of sp³-hybridized carbons (Fsp3) is 0.304. The number of benzene rings is 2. The lowest BCUT2D eigenvalue weighted by atomic mass is 10.1. The van der Waals surface area contributed by atoms with Crippen molar-refractivity contribution in [2.24, 2.45) is 0 Å². The molecule has 1 aromatic heterocycles. The van der Waals surface area contributed by atoms with Gasteiger partial charge in [-0.05, 0) is 78.9 Å². The minimum absolute atomic E-state index is 0.0104. The number of rotatable bonds is 9. The van der Waals surface area contributed by atoms with Gasteiger partial charge in [-0.3, -0.25) is 9.59 Å². The van der Waals surface area contributed by atoms with Crippen molar-refractivity contribution in [3.63, 3.8) is 0 Å². The van der Waals surface area contributed by atoms with E-state index in [1.54, 1.807) is 0 Å². The Balaban J connectivity index is 1.37. The average molecular weight is 549 g/mol. The maximum atomic E-state index is 12.5. The molecule has 4 rings (SSSR count). The molecule has 0 unspecified atom stereocenters. The number of nitrogens with one attached hydrogen (secondary N) is 2. The Labute approximate surface area is 220 Å². The Kier molecular flexibility index (Phi) is 7.53. The summed E-state index contributed by atoms with van der Waals surface area (Å²) in [5.41, 5.74) is 0.820. The van der Waals surface area contributed by atoms with Crippen LogP contribution in [0, 0.1) is 0 Å². The molecule has 1 aliphatic rings. The summed E-state index contributed by atoms with van der Waals surface area (Å²) in [7, 11) is 0. The van der Waals surface area contributed by atoms with Crippen LogP contribution in [0.4, 0.5) is 5.69 Å². The van der Waals surface area contributed by atoms with Gasteiger partial charge in [-0.1, -0.05) is 41.0 Å². The first kappa shape index (κ1) is 25.9. The van der Waals surface area contributed by atoms with Crippen LogP contribution in [-0.2, 0) is 9.59 Å². The van der Waals surface area contributed by atoms with Crippen LogP contribution in [0.1, 0.15) is 48.5 Å². The van der Waals surface area contributed by atoms with Gasteiger partial charge in [0, 0.05) is 5.56 Å². The van der Waals surface area contributed by atoms with Crippen molar-refractivity contribution >= 4 is 58.4 Å². The Morgan fingerprint density at radius 3 is 2.53 bits per heavy atom. The van der Waals surface area contributed by atoms with Crippen LogP contribution in [0.25, 0.3) is 5.69 Å². The molecule has 10 nitrogen and oxygen atoms in total. The number of thioether (sulfide) groups is 1. The quantitative estimate of drug-likeness (QED) is 0.338. The van der Waals surface area contributed by atoms with E-state index in [0.717, 1.165) is 11.8 Å². The monoisotopic (exact) mass is 548 g/mol. The first-order valence-electron chi connectivity index (χ1n) is 10.9. The van der Waals surface area contributed by atoms with Gasteiger partial charge in [0.05, 0.1) is 27.2 Å². The normalized spacial score (nSPS) is 13.3. The molecular weight excluding hydrogens is 527 g/mol. The van der Waals surface area contributed by atoms with Gasteiger partial charge in [-0.15, -0.1) is 5.10 Å². The second-order valence-electron chi connectivity index (χ2n) is 8.77. The van der Waals surface area contributed by atoms with E-state index in [0.29, 0.717) is 27.5 Å². The average Bonchev–Trinajstić information content (AvgIpc) is 3.57. The summed E-state index contributed by atoms with van der Waals surface area (Å²) in [5.74, 6) is -1.59. The highest BCUT2D eigenvalue weighted by Gasteiger charge is 2.29. The number of halogens is 2. The summed E-state index contributed by atoms with van der Waals surface area (Å²) < 4.78 is 1.48. The zero-order chi connectivity index (χ0) is 26.0. The third-order valence-electron chi connectivity index (χ3n) is 5.49. The summed E-state index contributed by atoms with van der Waals surface area (Å²) in [6.07, 6.45) is 2.33. The van der Waals surface area contributed by atoms with Gasteiger partial charge < -0.3 is 15.7 Å². The number of carbonyl (C=O) groups excluding carboxylic acids is 2. The van der Waals surface area contributed by atoms with E-state index >= 15 is 0 Å². The Bertz CT molecular complexity index is 1340. The van der Waals surface area contributed by atoms with Crippen molar-refractivity contribution in [2.45, 2.75) is 43.3 Å². The van der Waals surface area contributed by atoms with E-state index in [9.17, 15) is 19.5 Å². The van der Waals surface area contributed by atoms with E-state index in [2.05, 4.69) is 26.2 Å². The topological polar surface area (TPSA) is 139 Å². The predicted molar refractivity (Wildman–Crippen MR) is 136 cm³/mol. The fourth-order valence-corrected chi connectivity index (χ4v) is 4.45. The van der Waals surface area contributed by atoms with Crippen molar-refractivity contribution < 1.29 is 19.5 Å². The van der Waals surface area contributed by atoms with Gasteiger partial charge in [0.15, 0.2) is 0 Å². The molecule has 0 saturated heterocycles. The highest BCUT2D eigenvalue weighted by Crippen LogP contribution is 2.41.